The number of hydrogen-bond acceptors (Lipinski definition) is 2. The molecule has 3 heteroatoms. The molecule has 0 radical (unpaired) electrons. The first kappa shape index (κ1) is 7.68. The minimum Gasteiger partial charge on any atom is -0.458 e. The zero-order chi connectivity index (χ0) is 8.72. The van der Waals surface area contributed by atoms with E-state index >= 15 is 0 Å². The van der Waals surface area contributed by atoms with Crippen LogP contribution in [-0.4, -0.2) is 0 Å². The number of nitrogen functional groups attached to an aromatic ring is 1. The van der Waals surface area contributed by atoms with Gasteiger partial charge in [0.05, 0.1) is 10.2 Å². The highest BCUT2D eigenvalue weighted by atomic mass is 79.9. The van der Waals surface area contributed by atoms with Crippen LogP contribution in [0.25, 0.3) is 11.0 Å². The second-order valence-electron chi connectivity index (χ2n) is 2.70. The minimum atomic E-state index is 0.682. The lowest BCUT2D eigenvalue weighted by atomic mass is 10.2. The molecule has 62 valence electrons. The van der Waals surface area contributed by atoms with Gasteiger partial charge in [0.1, 0.15) is 5.76 Å². The first-order chi connectivity index (χ1) is 5.70. The van der Waals surface area contributed by atoms with Crippen molar-refractivity contribution in [1.82, 2.24) is 0 Å². The van der Waals surface area contributed by atoms with E-state index in [4.69, 9.17) is 10.2 Å². The predicted molar refractivity (Wildman–Crippen MR) is 53.1 cm³/mol. The third-order valence-corrected chi connectivity index (χ3v) is 2.83. The number of halogens is 1. The molecule has 0 amide bonds. The molecule has 0 saturated carbocycles. The van der Waals surface area contributed by atoms with Gasteiger partial charge in [0, 0.05) is 5.39 Å². The zero-order valence-electron chi connectivity index (χ0n) is 6.60. The molecule has 0 aliphatic carbocycles. The van der Waals surface area contributed by atoms with E-state index in [0.717, 1.165) is 21.2 Å². The summed E-state index contributed by atoms with van der Waals surface area (Å²) >= 11 is 3.44. The Morgan fingerprint density at radius 3 is 2.83 bits per heavy atom. The van der Waals surface area contributed by atoms with Crippen molar-refractivity contribution in [2.75, 3.05) is 5.73 Å². The van der Waals surface area contributed by atoms with Gasteiger partial charge < -0.3 is 10.2 Å². The Bertz CT molecular complexity index is 433. The Morgan fingerprint density at radius 2 is 2.17 bits per heavy atom. The number of fused-ring (bicyclic) bond motifs is 1. The average Bonchev–Trinajstić information content (AvgIpc) is 2.32. The van der Waals surface area contributed by atoms with Gasteiger partial charge in [-0.2, -0.15) is 0 Å². The van der Waals surface area contributed by atoms with Gasteiger partial charge in [-0.1, -0.05) is 6.07 Å². The first-order valence-corrected chi connectivity index (χ1v) is 4.42. The van der Waals surface area contributed by atoms with E-state index in [0.29, 0.717) is 5.69 Å². The SMILES string of the molecule is Cc1oc2c(N)cccc2c1Br. The summed E-state index contributed by atoms with van der Waals surface area (Å²) in [7, 11) is 0. The fraction of sp³-hybridized carbons (Fsp3) is 0.111. The lowest BCUT2D eigenvalue weighted by Crippen LogP contribution is -1.82. The fourth-order valence-electron chi connectivity index (χ4n) is 1.23. The van der Waals surface area contributed by atoms with Gasteiger partial charge in [-0.05, 0) is 35.0 Å². The minimum absolute atomic E-state index is 0.682. The van der Waals surface area contributed by atoms with Crippen LogP contribution in [0, 0.1) is 6.92 Å². The van der Waals surface area contributed by atoms with Crippen LogP contribution in [0.2, 0.25) is 0 Å². The van der Waals surface area contributed by atoms with Gasteiger partial charge in [0.2, 0.25) is 0 Å². The summed E-state index contributed by atoms with van der Waals surface area (Å²) in [5, 5.41) is 1.03. The van der Waals surface area contributed by atoms with Crippen LogP contribution in [0.5, 0.6) is 0 Å². The third kappa shape index (κ3) is 0.932. The van der Waals surface area contributed by atoms with Crippen LogP contribution in [0.3, 0.4) is 0 Å². The molecule has 0 unspecified atom stereocenters. The van der Waals surface area contributed by atoms with Crippen LogP contribution in [-0.2, 0) is 0 Å². The second-order valence-corrected chi connectivity index (χ2v) is 3.49. The van der Waals surface area contributed by atoms with E-state index in [1.807, 2.05) is 25.1 Å². The van der Waals surface area contributed by atoms with Gasteiger partial charge in [-0.3, -0.25) is 0 Å². The lowest BCUT2D eigenvalue weighted by Gasteiger charge is -1.91. The quantitative estimate of drug-likeness (QED) is 0.701. The zero-order valence-corrected chi connectivity index (χ0v) is 8.18. The van der Waals surface area contributed by atoms with E-state index in [-0.39, 0.29) is 0 Å². The van der Waals surface area contributed by atoms with Crippen LogP contribution in [0.15, 0.2) is 27.1 Å². The van der Waals surface area contributed by atoms with Crippen LogP contribution in [0.1, 0.15) is 5.76 Å². The van der Waals surface area contributed by atoms with Gasteiger partial charge >= 0.3 is 0 Å². The molecule has 1 aromatic carbocycles. The van der Waals surface area contributed by atoms with Crippen LogP contribution >= 0.6 is 15.9 Å². The summed E-state index contributed by atoms with van der Waals surface area (Å²) in [4.78, 5) is 0. The number of hydrogen-bond donors (Lipinski definition) is 1. The Labute approximate surface area is 78.5 Å². The topological polar surface area (TPSA) is 39.2 Å². The second kappa shape index (κ2) is 2.52. The van der Waals surface area contributed by atoms with Crippen LogP contribution in [0.4, 0.5) is 5.69 Å². The third-order valence-electron chi connectivity index (χ3n) is 1.85. The molecule has 2 nitrogen and oxygen atoms in total. The predicted octanol–water partition coefficient (Wildman–Crippen LogP) is 3.09. The molecular weight excluding hydrogens is 218 g/mol. The highest BCUT2D eigenvalue weighted by Gasteiger charge is 2.09. The molecule has 0 bridgehead atoms. The number of furan rings is 1. The molecule has 0 fully saturated rings. The molecule has 0 atom stereocenters. The van der Waals surface area contributed by atoms with Gasteiger partial charge in [0.15, 0.2) is 5.58 Å². The van der Waals surface area contributed by atoms with Gasteiger partial charge in [0.25, 0.3) is 0 Å². The molecule has 0 saturated heterocycles. The lowest BCUT2D eigenvalue weighted by molar-refractivity contribution is 0.577. The molecule has 2 aromatic rings. The number of aryl methyl sites for hydroxylation is 1. The van der Waals surface area contributed by atoms with Crippen molar-refractivity contribution < 1.29 is 4.42 Å². The van der Waals surface area contributed by atoms with E-state index in [9.17, 15) is 0 Å². The number of anilines is 1. The highest BCUT2D eigenvalue weighted by molar-refractivity contribution is 9.10. The van der Waals surface area contributed by atoms with Gasteiger partial charge in [-0.25, -0.2) is 0 Å². The summed E-state index contributed by atoms with van der Waals surface area (Å²) in [6.45, 7) is 1.91. The van der Waals surface area contributed by atoms with E-state index < -0.39 is 0 Å². The molecule has 1 aromatic heterocycles. The number of rotatable bonds is 0. The number of nitrogens with two attached hydrogens (primary N) is 1. The molecular formula is C9H8BrNO. The first-order valence-electron chi connectivity index (χ1n) is 3.63. The Morgan fingerprint density at radius 1 is 1.42 bits per heavy atom. The largest absolute Gasteiger partial charge is 0.458 e. The normalized spacial score (nSPS) is 10.8. The molecule has 0 spiro atoms. The van der Waals surface area contributed by atoms with Crippen LogP contribution < -0.4 is 5.73 Å². The smallest absolute Gasteiger partial charge is 0.158 e. The summed E-state index contributed by atoms with van der Waals surface area (Å²) < 4.78 is 6.45. The molecule has 0 aliphatic rings. The molecule has 2 rings (SSSR count). The Kier molecular flexibility index (Phi) is 1.61. The highest BCUT2D eigenvalue weighted by Crippen LogP contribution is 2.32. The Hall–Kier alpha value is -0.960. The van der Waals surface area contributed by atoms with Crippen molar-refractivity contribution in [2.45, 2.75) is 6.92 Å². The van der Waals surface area contributed by atoms with E-state index in [2.05, 4.69) is 15.9 Å². The van der Waals surface area contributed by atoms with Crippen molar-refractivity contribution in [3.63, 3.8) is 0 Å². The van der Waals surface area contributed by atoms with E-state index in [1.165, 1.54) is 0 Å². The Balaban J connectivity index is 2.95. The van der Waals surface area contributed by atoms with Crippen molar-refractivity contribution in [1.29, 1.82) is 0 Å². The van der Waals surface area contributed by atoms with Crippen molar-refractivity contribution in [3.8, 4) is 0 Å². The fourth-order valence-corrected chi connectivity index (χ4v) is 1.62. The maximum absolute atomic E-state index is 5.72. The standard InChI is InChI=1S/C9H8BrNO/c1-5-8(10)6-3-2-4-7(11)9(6)12-5/h2-4H,11H2,1H3. The summed E-state index contributed by atoms with van der Waals surface area (Å²) in [5.41, 5.74) is 7.17. The molecule has 0 aliphatic heterocycles. The van der Waals surface area contributed by atoms with Crippen molar-refractivity contribution >= 4 is 32.6 Å². The molecule has 1 heterocycles. The maximum Gasteiger partial charge on any atom is 0.158 e. The monoisotopic (exact) mass is 225 g/mol. The van der Waals surface area contributed by atoms with Crippen molar-refractivity contribution in [2.24, 2.45) is 0 Å². The maximum atomic E-state index is 5.72. The summed E-state index contributed by atoms with van der Waals surface area (Å²) in [5.74, 6) is 0.864. The summed E-state index contributed by atoms with van der Waals surface area (Å²) in [6.07, 6.45) is 0. The van der Waals surface area contributed by atoms with E-state index in [1.54, 1.807) is 0 Å². The molecule has 12 heavy (non-hydrogen) atoms. The van der Waals surface area contributed by atoms with Crippen molar-refractivity contribution in [3.05, 3.63) is 28.4 Å². The number of benzene rings is 1. The van der Waals surface area contributed by atoms with Gasteiger partial charge in [-0.15, -0.1) is 0 Å². The number of para-hydroxylation sites is 1. The summed E-state index contributed by atoms with van der Waals surface area (Å²) in [6, 6.07) is 5.72. The average molecular weight is 226 g/mol. The molecule has 2 N–H and O–H groups in total.